The van der Waals surface area contributed by atoms with Gasteiger partial charge in [-0.3, -0.25) is 4.79 Å². The van der Waals surface area contributed by atoms with Gasteiger partial charge in [0.2, 0.25) is 5.91 Å². The van der Waals surface area contributed by atoms with Gasteiger partial charge in [0.15, 0.2) is 0 Å². The molecule has 2 nitrogen and oxygen atoms in total. The third kappa shape index (κ3) is 1.79. The highest BCUT2D eigenvalue weighted by atomic mass is 16.2. The van der Waals surface area contributed by atoms with E-state index in [1.54, 1.807) is 0 Å². The second-order valence-corrected chi connectivity index (χ2v) is 4.96. The van der Waals surface area contributed by atoms with Crippen LogP contribution in [0.4, 0.5) is 0 Å². The number of hydrogen-bond donors (Lipinski definition) is 1. The maximum Gasteiger partial charge on any atom is 0.223 e. The molecule has 2 aliphatic rings. The Hall–Kier alpha value is -0.530. The van der Waals surface area contributed by atoms with Crippen LogP contribution in [-0.2, 0) is 4.79 Å². The quantitative estimate of drug-likeness (QED) is 0.735. The predicted octanol–water partition coefficient (Wildman–Crippen LogP) is 2.34. The zero-order valence-corrected chi connectivity index (χ0v) is 9.25. The number of rotatable bonds is 3. The first kappa shape index (κ1) is 10.0. The van der Waals surface area contributed by atoms with Gasteiger partial charge in [0, 0.05) is 12.0 Å². The molecule has 0 aromatic rings. The van der Waals surface area contributed by atoms with E-state index >= 15 is 0 Å². The van der Waals surface area contributed by atoms with Crippen molar-refractivity contribution in [3.05, 3.63) is 0 Å². The average molecular weight is 195 g/mol. The standard InChI is InChI=1S/C12H21NO/c1-3-8(2)13-12(14)11-9-6-4-5-7-10(9)11/h8-11H,3-7H2,1-2H3,(H,13,14). The van der Waals surface area contributed by atoms with E-state index < -0.39 is 0 Å². The van der Waals surface area contributed by atoms with Gasteiger partial charge in [-0.1, -0.05) is 19.8 Å². The molecule has 80 valence electrons. The molecule has 0 aromatic heterocycles. The molecule has 2 rings (SSSR count). The molecule has 0 bridgehead atoms. The van der Waals surface area contributed by atoms with Crippen molar-refractivity contribution in [3.8, 4) is 0 Å². The molecule has 3 unspecified atom stereocenters. The molecule has 0 heterocycles. The van der Waals surface area contributed by atoms with Crippen molar-refractivity contribution in [2.24, 2.45) is 17.8 Å². The van der Waals surface area contributed by atoms with Crippen molar-refractivity contribution >= 4 is 5.91 Å². The Balaban J connectivity index is 1.82. The number of fused-ring (bicyclic) bond motifs is 1. The minimum Gasteiger partial charge on any atom is -0.353 e. The third-order valence-corrected chi connectivity index (χ3v) is 3.96. The Morgan fingerprint density at radius 1 is 1.36 bits per heavy atom. The Morgan fingerprint density at radius 3 is 2.43 bits per heavy atom. The lowest BCUT2D eigenvalue weighted by Crippen LogP contribution is -2.33. The van der Waals surface area contributed by atoms with Gasteiger partial charge in [-0.25, -0.2) is 0 Å². The summed E-state index contributed by atoms with van der Waals surface area (Å²) in [6, 6.07) is 0.352. The van der Waals surface area contributed by atoms with Crippen molar-refractivity contribution < 1.29 is 4.79 Å². The van der Waals surface area contributed by atoms with Crippen molar-refractivity contribution in [1.29, 1.82) is 0 Å². The summed E-state index contributed by atoms with van der Waals surface area (Å²) in [5, 5.41) is 3.11. The van der Waals surface area contributed by atoms with Crippen LogP contribution < -0.4 is 5.32 Å². The van der Waals surface area contributed by atoms with E-state index in [2.05, 4.69) is 19.2 Å². The first-order chi connectivity index (χ1) is 6.74. The van der Waals surface area contributed by atoms with Crippen LogP contribution in [0.1, 0.15) is 46.0 Å². The number of amides is 1. The zero-order valence-electron chi connectivity index (χ0n) is 9.25. The fourth-order valence-corrected chi connectivity index (χ4v) is 2.82. The minimum atomic E-state index is 0.330. The molecular formula is C12H21NO. The topological polar surface area (TPSA) is 29.1 Å². The Labute approximate surface area is 86.5 Å². The van der Waals surface area contributed by atoms with Crippen molar-refractivity contribution in [1.82, 2.24) is 5.32 Å². The molecule has 2 saturated carbocycles. The van der Waals surface area contributed by atoms with Gasteiger partial charge >= 0.3 is 0 Å². The molecular weight excluding hydrogens is 174 g/mol. The summed E-state index contributed by atoms with van der Waals surface area (Å²) in [7, 11) is 0. The second-order valence-electron chi connectivity index (χ2n) is 4.96. The molecule has 3 atom stereocenters. The number of nitrogens with one attached hydrogen (secondary N) is 1. The highest BCUT2D eigenvalue weighted by Gasteiger charge is 2.54. The molecule has 0 radical (unpaired) electrons. The fraction of sp³-hybridized carbons (Fsp3) is 0.917. The van der Waals surface area contributed by atoms with Crippen LogP contribution in [0, 0.1) is 17.8 Å². The summed E-state index contributed by atoms with van der Waals surface area (Å²) in [5.74, 6) is 2.20. The van der Waals surface area contributed by atoms with E-state index in [0.717, 1.165) is 18.3 Å². The Morgan fingerprint density at radius 2 is 1.93 bits per heavy atom. The van der Waals surface area contributed by atoms with E-state index in [0.29, 0.717) is 17.9 Å². The summed E-state index contributed by atoms with van der Waals surface area (Å²) < 4.78 is 0. The van der Waals surface area contributed by atoms with Crippen LogP contribution in [0.25, 0.3) is 0 Å². The maximum atomic E-state index is 11.8. The van der Waals surface area contributed by atoms with Gasteiger partial charge in [0.25, 0.3) is 0 Å². The summed E-state index contributed by atoms with van der Waals surface area (Å²) in [5.41, 5.74) is 0. The van der Waals surface area contributed by atoms with E-state index in [1.165, 1.54) is 25.7 Å². The second kappa shape index (κ2) is 3.92. The first-order valence-electron chi connectivity index (χ1n) is 6.04. The normalized spacial score (nSPS) is 37.1. The van der Waals surface area contributed by atoms with Crippen molar-refractivity contribution in [2.45, 2.75) is 52.0 Å². The van der Waals surface area contributed by atoms with Gasteiger partial charge in [-0.2, -0.15) is 0 Å². The molecule has 1 N–H and O–H groups in total. The van der Waals surface area contributed by atoms with Gasteiger partial charge in [0.05, 0.1) is 0 Å². The van der Waals surface area contributed by atoms with Gasteiger partial charge in [-0.05, 0) is 38.0 Å². The van der Waals surface area contributed by atoms with E-state index in [4.69, 9.17) is 0 Å². The Bertz CT molecular complexity index is 214. The van der Waals surface area contributed by atoms with Crippen LogP contribution in [0.15, 0.2) is 0 Å². The molecule has 2 aliphatic carbocycles. The SMILES string of the molecule is CCC(C)NC(=O)C1C2CCCCC21. The minimum absolute atomic E-state index is 0.330. The maximum absolute atomic E-state index is 11.8. The molecule has 1 amide bonds. The summed E-state index contributed by atoms with van der Waals surface area (Å²) in [6.07, 6.45) is 6.31. The highest BCUT2D eigenvalue weighted by Crippen LogP contribution is 2.55. The average Bonchev–Trinajstić information content (AvgIpc) is 2.91. The van der Waals surface area contributed by atoms with E-state index in [1.807, 2.05) is 0 Å². The summed E-state index contributed by atoms with van der Waals surface area (Å²) in [6.45, 7) is 4.20. The molecule has 0 saturated heterocycles. The third-order valence-electron chi connectivity index (χ3n) is 3.96. The van der Waals surface area contributed by atoms with Crippen LogP contribution in [0.5, 0.6) is 0 Å². The van der Waals surface area contributed by atoms with Gasteiger partial charge in [-0.15, -0.1) is 0 Å². The smallest absolute Gasteiger partial charge is 0.223 e. The highest BCUT2D eigenvalue weighted by molar-refractivity contribution is 5.82. The molecule has 2 heteroatoms. The molecule has 14 heavy (non-hydrogen) atoms. The van der Waals surface area contributed by atoms with Crippen LogP contribution in [0.2, 0.25) is 0 Å². The predicted molar refractivity (Wildman–Crippen MR) is 56.8 cm³/mol. The lowest BCUT2D eigenvalue weighted by atomic mass is 10.0. The molecule has 0 aromatic carbocycles. The number of hydrogen-bond acceptors (Lipinski definition) is 1. The number of carbonyl (C=O) groups excluding carboxylic acids is 1. The van der Waals surface area contributed by atoms with Crippen LogP contribution in [-0.4, -0.2) is 11.9 Å². The van der Waals surface area contributed by atoms with Crippen LogP contribution in [0.3, 0.4) is 0 Å². The first-order valence-corrected chi connectivity index (χ1v) is 6.04. The molecule has 2 fully saturated rings. The lowest BCUT2D eigenvalue weighted by molar-refractivity contribution is -0.123. The molecule has 0 aliphatic heterocycles. The lowest BCUT2D eigenvalue weighted by Gasteiger charge is -2.10. The van der Waals surface area contributed by atoms with Crippen molar-refractivity contribution in [2.75, 3.05) is 0 Å². The van der Waals surface area contributed by atoms with Gasteiger partial charge in [0.1, 0.15) is 0 Å². The summed E-state index contributed by atoms with van der Waals surface area (Å²) >= 11 is 0. The zero-order chi connectivity index (χ0) is 10.1. The van der Waals surface area contributed by atoms with Gasteiger partial charge < -0.3 is 5.32 Å². The number of carbonyl (C=O) groups is 1. The largest absolute Gasteiger partial charge is 0.353 e. The molecule has 0 spiro atoms. The van der Waals surface area contributed by atoms with Crippen LogP contribution >= 0.6 is 0 Å². The fourth-order valence-electron chi connectivity index (χ4n) is 2.82. The monoisotopic (exact) mass is 195 g/mol. The van der Waals surface area contributed by atoms with E-state index in [9.17, 15) is 4.79 Å². The van der Waals surface area contributed by atoms with Crippen molar-refractivity contribution in [3.63, 3.8) is 0 Å². The van der Waals surface area contributed by atoms with E-state index in [-0.39, 0.29) is 0 Å². The summed E-state index contributed by atoms with van der Waals surface area (Å²) in [4.78, 5) is 11.8. The Kier molecular flexibility index (Phi) is 2.80.